The number of hydrogen-bond acceptors (Lipinski definition) is 3. The van der Waals surface area contributed by atoms with Crippen molar-refractivity contribution in [2.45, 2.75) is 13.8 Å². The highest BCUT2D eigenvalue weighted by molar-refractivity contribution is 5.90. The second-order valence-electron chi connectivity index (χ2n) is 4.26. The van der Waals surface area contributed by atoms with Gasteiger partial charge in [0.2, 0.25) is 0 Å². The van der Waals surface area contributed by atoms with E-state index < -0.39 is 11.8 Å². The van der Waals surface area contributed by atoms with Crippen molar-refractivity contribution < 1.29 is 23.8 Å². The monoisotopic (exact) mass is 256 g/mol. The number of ether oxygens (including phenoxy) is 2. The number of carboxylic acid groups (broad SMARTS) is 1. The molecule has 0 aliphatic rings. The molecule has 0 bridgehead atoms. The van der Waals surface area contributed by atoms with Crippen molar-refractivity contribution in [2.24, 2.45) is 5.92 Å². The topological polar surface area (TPSA) is 55.8 Å². The van der Waals surface area contributed by atoms with Crippen molar-refractivity contribution in [3.05, 3.63) is 29.6 Å². The van der Waals surface area contributed by atoms with Crippen molar-refractivity contribution in [2.75, 3.05) is 19.8 Å². The molecule has 4 nitrogen and oxygen atoms in total. The van der Waals surface area contributed by atoms with Gasteiger partial charge >= 0.3 is 5.97 Å². The van der Waals surface area contributed by atoms with Gasteiger partial charge in [-0.3, -0.25) is 0 Å². The first kappa shape index (κ1) is 14.4. The molecule has 0 heterocycles. The van der Waals surface area contributed by atoms with Gasteiger partial charge in [-0.1, -0.05) is 13.8 Å². The second-order valence-corrected chi connectivity index (χ2v) is 4.26. The standard InChI is InChI=1S/C13H17FO4/c1-9(2)8-17-5-6-18-12-4-3-10(14)7-11(12)13(15)16/h3-4,7,9H,5-6,8H2,1-2H3,(H,15,16). The molecule has 0 spiro atoms. The van der Waals surface area contributed by atoms with Crippen LogP contribution in [0, 0.1) is 11.7 Å². The van der Waals surface area contributed by atoms with Crippen molar-refractivity contribution in [1.29, 1.82) is 0 Å². The number of benzene rings is 1. The van der Waals surface area contributed by atoms with E-state index >= 15 is 0 Å². The number of halogens is 1. The van der Waals surface area contributed by atoms with Crippen LogP contribution in [-0.4, -0.2) is 30.9 Å². The summed E-state index contributed by atoms with van der Waals surface area (Å²) in [6, 6.07) is 3.41. The summed E-state index contributed by atoms with van der Waals surface area (Å²) in [6.45, 7) is 5.29. The van der Waals surface area contributed by atoms with E-state index in [4.69, 9.17) is 14.6 Å². The Morgan fingerprint density at radius 1 is 1.39 bits per heavy atom. The summed E-state index contributed by atoms with van der Waals surface area (Å²) in [5.41, 5.74) is -0.182. The van der Waals surface area contributed by atoms with E-state index in [1.165, 1.54) is 6.07 Å². The zero-order valence-electron chi connectivity index (χ0n) is 10.5. The van der Waals surface area contributed by atoms with Crippen LogP contribution in [0.4, 0.5) is 4.39 Å². The molecule has 1 aromatic rings. The molecule has 18 heavy (non-hydrogen) atoms. The largest absolute Gasteiger partial charge is 0.490 e. The number of hydrogen-bond donors (Lipinski definition) is 1. The first-order valence-electron chi connectivity index (χ1n) is 5.74. The molecule has 0 unspecified atom stereocenters. The Hall–Kier alpha value is -1.62. The molecule has 1 N–H and O–H groups in total. The van der Waals surface area contributed by atoms with Crippen molar-refractivity contribution in [1.82, 2.24) is 0 Å². The summed E-state index contributed by atoms with van der Waals surface area (Å²) in [6.07, 6.45) is 0. The molecule has 0 radical (unpaired) electrons. The van der Waals surface area contributed by atoms with Crippen LogP contribution in [0.2, 0.25) is 0 Å². The van der Waals surface area contributed by atoms with Gasteiger partial charge < -0.3 is 14.6 Å². The molecule has 0 aliphatic heterocycles. The summed E-state index contributed by atoms with van der Waals surface area (Å²) in [7, 11) is 0. The molecule has 0 atom stereocenters. The fraction of sp³-hybridized carbons (Fsp3) is 0.462. The fourth-order valence-electron chi connectivity index (χ4n) is 1.32. The highest BCUT2D eigenvalue weighted by Crippen LogP contribution is 2.19. The van der Waals surface area contributed by atoms with Gasteiger partial charge in [-0.15, -0.1) is 0 Å². The summed E-state index contributed by atoms with van der Waals surface area (Å²) in [4.78, 5) is 10.9. The molecule has 5 heteroatoms. The SMILES string of the molecule is CC(C)COCCOc1ccc(F)cc1C(=O)O. The Balaban J connectivity index is 2.49. The quantitative estimate of drug-likeness (QED) is 0.762. The van der Waals surface area contributed by atoms with Gasteiger partial charge in [-0.05, 0) is 24.1 Å². The highest BCUT2D eigenvalue weighted by Gasteiger charge is 2.12. The normalized spacial score (nSPS) is 10.7. The van der Waals surface area contributed by atoms with Crippen LogP contribution in [0.15, 0.2) is 18.2 Å². The van der Waals surface area contributed by atoms with Crippen molar-refractivity contribution in [3.8, 4) is 5.75 Å². The van der Waals surface area contributed by atoms with E-state index in [2.05, 4.69) is 0 Å². The minimum Gasteiger partial charge on any atom is -0.490 e. The van der Waals surface area contributed by atoms with E-state index in [1.807, 2.05) is 13.8 Å². The summed E-state index contributed by atoms with van der Waals surface area (Å²) >= 11 is 0. The lowest BCUT2D eigenvalue weighted by Crippen LogP contribution is -2.12. The number of carbonyl (C=O) groups is 1. The maximum absolute atomic E-state index is 12.9. The summed E-state index contributed by atoms with van der Waals surface area (Å²) < 4.78 is 23.5. The Morgan fingerprint density at radius 3 is 2.72 bits per heavy atom. The number of rotatable bonds is 7. The molecule has 0 saturated heterocycles. The van der Waals surface area contributed by atoms with Gasteiger partial charge in [-0.25, -0.2) is 9.18 Å². The van der Waals surface area contributed by atoms with Crippen LogP contribution in [0.3, 0.4) is 0 Å². The van der Waals surface area contributed by atoms with Crippen molar-refractivity contribution in [3.63, 3.8) is 0 Å². The lowest BCUT2D eigenvalue weighted by Gasteiger charge is -2.10. The minimum atomic E-state index is -1.22. The molecular weight excluding hydrogens is 239 g/mol. The fourth-order valence-corrected chi connectivity index (χ4v) is 1.32. The molecule has 100 valence electrons. The van der Waals surface area contributed by atoms with Crippen LogP contribution in [0.5, 0.6) is 5.75 Å². The van der Waals surface area contributed by atoms with Crippen molar-refractivity contribution >= 4 is 5.97 Å². The van der Waals surface area contributed by atoms with Gasteiger partial charge in [-0.2, -0.15) is 0 Å². The highest BCUT2D eigenvalue weighted by atomic mass is 19.1. The van der Waals surface area contributed by atoms with Crippen LogP contribution >= 0.6 is 0 Å². The van der Waals surface area contributed by atoms with E-state index in [0.717, 1.165) is 12.1 Å². The first-order valence-corrected chi connectivity index (χ1v) is 5.74. The Kier molecular flexibility index (Phi) is 5.58. The number of carboxylic acids is 1. The first-order chi connectivity index (χ1) is 8.50. The van der Waals surface area contributed by atoms with E-state index in [9.17, 15) is 9.18 Å². The molecule has 1 rings (SSSR count). The predicted octanol–water partition coefficient (Wildman–Crippen LogP) is 2.58. The zero-order valence-corrected chi connectivity index (χ0v) is 10.5. The van der Waals surface area contributed by atoms with E-state index in [-0.39, 0.29) is 17.9 Å². The maximum atomic E-state index is 12.9. The molecule has 0 aromatic heterocycles. The average Bonchev–Trinajstić information content (AvgIpc) is 2.29. The second kappa shape index (κ2) is 6.96. The number of aromatic carboxylic acids is 1. The van der Waals surface area contributed by atoms with Crippen LogP contribution in [0.25, 0.3) is 0 Å². The predicted molar refractivity (Wildman–Crippen MR) is 64.5 cm³/mol. The van der Waals surface area contributed by atoms with Crippen LogP contribution in [-0.2, 0) is 4.74 Å². The Morgan fingerprint density at radius 2 is 2.11 bits per heavy atom. The third kappa shape index (κ3) is 4.71. The molecular formula is C13H17FO4. The Bertz CT molecular complexity index is 404. The van der Waals surface area contributed by atoms with Gasteiger partial charge in [0.1, 0.15) is 23.7 Å². The molecule has 0 amide bonds. The summed E-state index contributed by atoms with van der Waals surface area (Å²) in [5.74, 6) is -1.23. The van der Waals surface area contributed by atoms with Gasteiger partial charge in [0.05, 0.1) is 6.61 Å². The average molecular weight is 256 g/mol. The third-order valence-corrected chi connectivity index (χ3v) is 2.11. The zero-order chi connectivity index (χ0) is 13.5. The minimum absolute atomic E-state index is 0.150. The maximum Gasteiger partial charge on any atom is 0.339 e. The molecule has 1 aromatic carbocycles. The van der Waals surface area contributed by atoms with Gasteiger partial charge in [0.25, 0.3) is 0 Å². The van der Waals surface area contributed by atoms with Crippen LogP contribution in [0.1, 0.15) is 24.2 Å². The lowest BCUT2D eigenvalue weighted by molar-refractivity contribution is 0.0677. The van der Waals surface area contributed by atoms with Crippen LogP contribution < -0.4 is 4.74 Å². The molecule has 0 saturated carbocycles. The Labute approximate surface area is 105 Å². The van der Waals surface area contributed by atoms with E-state index in [0.29, 0.717) is 19.1 Å². The molecule has 0 aliphatic carbocycles. The lowest BCUT2D eigenvalue weighted by atomic mass is 10.2. The van der Waals surface area contributed by atoms with Gasteiger partial charge in [0, 0.05) is 6.61 Å². The van der Waals surface area contributed by atoms with E-state index in [1.54, 1.807) is 0 Å². The summed E-state index contributed by atoms with van der Waals surface area (Å²) in [5, 5.41) is 8.89. The third-order valence-electron chi connectivity index (χ3n) is 2.11. The van der Waals surface area contributed by atoms with Gasteiger partial charge in [0.15, 0.2) is 0 Å². The smallest absolute Gasteiger partial charge is 0.339 e. The molecule has 0 fully saturated rings.